The summed E-state index contributed by atoms with van der Waals surface area (Å²) in [6.45, 7) is 2.91. The van der Waals surface area contributed by atoms with Crippen molar-refractivity contribution in [3.05, 3.63) is 11.9 Å². The predicted octanol–water partition coefficient (Wildman–Crippen LogP) is 2.13. The molecule has 0 atom stereocenters. The molecular weight excluding hydrogens is 206 g/mol. The van der Waals surface area contributed by atoms with Crippen molar-refractivity contribution >= 4 is 11.7 Å². The van der Waals surface area contributed by atoms with Crippen LogP contribution in [0.15, 0.2) is 6.20 Å². The molecule has 1 aromatic heterocycles. The van der Waals surface area contributed by atoms with Crippen LogP contribution in [0.4, 0.5) is 5.69 Å². The average molecular weight is 225 g/mol. The van der Waals surface area contributed by atoms with Gasteiger partial charge in [0.25, 0.3) is 0 Å². The van der Waals surface area contributed by atoms with Gasteiger partial charge in [-0.3, -0.25) is 4.68 Å². The number of carbonyl (C=O) groups is 1. The Morgan fingerprint density at radius 1 is 1.44 bits per heavy atom. The molecule has 0 aliphatic rings. The molecule has 3 N–H and O–H groups in total. The minimum atomic E-state index is -1.07. The summed E-state index contributed by atoms with van der Waals surface area (Å²) in [5, 5.41) is 12.7. The number of rotatable bonds is 7. The van der Waals surface area contributed by atoms with Gasteiger partial charge in [-0.05, 0) is 6.42 Å². The van der Waals surface area contributed by atoms with E-state index in [2.05, 4.69) is 12.0 Å². The highest BCUT2D eigenvalue weighted by molar-refractivity contribution is 5.91. The second-order valence-electron chi connectivity index (χ2n) is 3.92. The Kier molecular flexibility index (Phi) is 4.82. The summed E-state index contributed by atoms with van der Waals surface area (Å²) < 4.78 is 1.62. The molecule has 0 bridgehead atoms. The Balaban J connectivity index is 2.37. The molecule has 5 nitrogen and oxygen atoms in total. The summed E-state index contributed by atoms with van der Waals surface area (Å²) in [5.41, 5.74) is 5.72. The minimum Gasteiger partial charge on any atom is -0.476 e. The zero-order valence-electron chi connectivity index (χ0n) is 9.65. The lowest BCUT2D eigenvalue weighted by Gasteiger charge is -2.00. The van der Waals surface area contributed by atoms with Gasteiger partial charge in [0.15, 0.2) is 5.69 Å². The van der Waals surface area contributed by atoms with Crippen molar-refractivity contribution in [2.75, 3.05) is 5.73 Å². The van der Waals surface area contributed by atoms with E-state index in [1.165, 1.54) is 19.3 Å². The highest BCUT2D eigenvalue weighted by Crippen LogP contribution is 2.10. The first-order valence-corrected chi connectivity index (χ1v) is 5.71. The summed E-state index contributed by atoms with van der Waals surface area (Å²) in [6, 6.07) is 0. The second kappa shape index (κ2) is 6.15. The van der Waals surface area contributed by atoms with E-state index in [0.717, 1.165) is 19.4 Å². The highest BCUT2D eigenvalue weighted by Gasteiger charge is 2.12. The molecule has 90 valence electrons. The van der Waals surface area contributed by atoms with Crippen LogP contribution < -0.4 is 5.73 Å². The standard InChI is InChI=1S/C11H19N3O2/c1-2-3-4-5-6-7-14-8-9(12)10(13-14)11(15)16/h8H,2-7,12H2,1H3,(H,15,16). The van der Waals surface area contributed by atoms with Crippen molar-refractivity contribution < 1.29 is 9.90 Å². The van der Waals surface area contributed by atoms with Gasteiger partial charge in [-0.2, -0.15) is 5.10 Å². The number of nitrogens with two attached hydrogens (primary N) is 1. The van der Waals surface area contributed by atoms with Crippen molar-refractivity contribution in [1.29, 1.82) is 0 Å². The molecule has 0 fully saturated rings. The smallest absolute Gasteiger partial charge is 0.358 e. The third-order valence-corrected chi connectivity index (χ3v) is 2.48. The number of aromatic carboxylic acids is 1. The van der Waals surface area contributed by atoms with Crippen molar-refractivity contribution in [3.63, 3.8) is 0 Å². The molecule has 0 saturated heterocycles. The molecule has 0 aliphatic carbocycles. The fourth-order valence-corrected chi connectivity index (χ4v) is 1.59. The third-order valence-electron chi connectivity index (χ3n) is 2.48. The zero-order valence-corrected chi connectivity index (χ0v) is 9.65. The number of unbranched alkanes of at least 4 members (excludes halogenated alkanes) is 4. The van der Waals surface area contributed by atoms with Crippen LogP contribution in [0.2, 0.25) is 0 Å². The molecule has 1 heterocycles. The van der Waals surface area contributed by atoms with E-state index in [1.54, 1.807) is 10.9 Å². The van der Waals surface area contributed by atoms with Crippen molar-refractivity contribution in [2.45, 2.75) is 45.6 Å². The Bertz CT molecular complexity index is 347. The normalized spacial score (nSPS) is 10.6. The molecule has 0 spiro atoms. The van der Waals surface area contributed by atoms with Gasteiger partial charge in [0.1, 0.15) is 0 Å². The number of nitrogen functional groups attached to an aromatic ring is 1. The molecule has 0 unspecified atom stereocenters. The number of hydrogen-bond acceptors (Lipinski definition) is 3. The van der Waals surface area contributed by atoms with Crippen LogP contribution in [0, 0.1) is 0 Å². The van der Waals surface area contributed by atoms with Crippen LogP contribution in [0.5, 0.6) is 0 Å². The van der Waals surface area contributed by atoms with E-state index in [1.807, 2.05) is 0 Å². The van der Waals surface area contributed by atoms with Crippen molar-refractivity contribution in [3.8, 4) is 0 Å². The van der Waals surface area contributed by atoms with E-state index in [-0.39, 0.29) is 11.4 Å². The monoisotopic (exact) mass is 225 g/mol. The van der Waals surface area contributed by atoms with Gasteiger partial charge >= 0.3 is 5.97 Å². The summed E-state index contributed by atoms with van der Waals surface area (Å²) in [5.74, 6) is -1.07. The first-order chi connectivity index (χ1) is 7.65. The molecule has 16 heavy (non-hydrogen) atoms. The fourth-order valence-electron chi connectivity index (χ4n) is 1.59. The maximum Gasteiger partial charge on any atom is 0.358 e. The van der Waals surface area contributed by atoms with Crippen molar-refractivity contribution in [2.24, 2.45) is 0 Å². The largest absolute Gasteiger partial charge is 0.476 e. The highest BCUT2D eigenvalue weighted by atomic mass is 16.4. The van der Waals surface area contributed by atoms with E-state index in [4.69, 9.17) is 10.8 Å². The van der Waals surface area contributed by atoms with Crippen molar-refractivity contribution in [1.82, 2.24) is 9.78 Å². The lowest BCUT2D eigenvalue weighted by molar-refractivity contribution is 0.0690. The number of anilines is 1. The Morgan fingerprint density at radius 2 is 2.12 bits per heavy atom. The number of aryl methyl sites for hydroxylation is 1. The summed E-state index contributed by atoms with van der Waals surface area (Å²) >= 11 is 0. The van der Waals surface area contributed by atoms with Gasteiger partial charge in [0.2, 0.25) is 0 Å². The average Bonchev–Trinajstić information content (AvgIpc) is 2.59. The molecule has 0 amide bonds. The van der Waals surface area contributed by atoms with Crippen LogP contribution in [-0.2, 0) is 6.54 Å². The zero-order chi connectivity index (χ0) is 12.0. The van der Waals surface area contributed by atoms with Gasteiger partial charge < -0.3 is 10.8 Å². The third kappa shape index (κ3) is 3.56. The Morgan fingerprint density at radius 3 is 2.69 bits per heavy atom. The molecule has 1 rings (SSSR count). The van der Waals surface area contributed by atoms with Gasteiger partial charge in [-0.15, -0.1) is 0 Å². The SMILES string of the molecule is CCCCCCCn1cc(N)c(C(=O)O)n1. The van der Waals surface area contributed by atoms with Gasteiger partial charge in [-0.1, -0.05) is 32.6 Å². The van der Waals surface area contributed by atoms with Gasteiger partial charge in [-0.25, -0.2) is 4.79 Å². The van der Waals surface area contributed by atoms with Gasteiger partial charge in [0.05, 0.1) is 5.69 Å². The molecule has 5 heteroatoms. The minimum absolute atomic E-state index is 0.0476. The Hall–Kier alpha value is -1.52. The molecule has 1 aromatic rings. The molecular formula is C11H19N3O2. The molecule has 0 radical (unpaired) electrons. The summed E-state index contributed by atoms with van der Waals surface area (Å²) in [6.07, 6.45) is 7.44. The van der Waals surface area contributed by atoms with E-state index in [0.29, 0.717) is 0 Å². The Labute approximate surface area is 95.3 Å². The van der Waals surface area contributed by atoms with Crippen LogP contribution in [0.25, 0.3) is 0 Å². The van der Waals surface area contributed by atoms with Crippen LogP contribution in [-0.4, -0.2) is 20.9 Å². The fraction of sp³-hybridized carbons (Fsp3) is 0.636. The summed E-state index contributed by atoms with van der Waals surface area (Å²) in [7, 11) is 0. The number of carboxylic acid groups (broad SMARTS) is 1. The number of nitrogens with zero attached hydrogens (tertiary/aromatic N) is 2. The number of aromatic nitrogens is 2. The van der Waals surface area contributed by atoms with Crippen LogP contribution in [0.1, 0.15) is 49.5 Å². The maximum atomic E-state index is 10.7. The quantitative estimate of drug-likeness (QED) is 0.696. The lowest BCUT2D eigenvalue weighted by Crippen LogP contribution is -2.03. The molecule has 0 aliphatic heterocycles. The maximum absolute atomic E-state index is 10.7. The molecule has 0 aromatic carbocycles. The predicted molar refractivity (Wildman–Crippen MR) is 62.4 cm³/mol. The first kappa shape index (κ1) is 12.5. The van der Waals surface area contributed by atoms with Crippen LogP contribution in [0.3, 0.4) is 0 Å². The van der Waals surface area contributed by atoms with E-state index in [9.17, 15) is 4.79 Å². The topological polar surface area (TPSA) is 81.1 Å². The number of carboxylic acids is 1. The van der Waals surface area contributed by atoms with Crippen LogP contribution >= 0.6 is 0 Å². The van der Waals surface area contributed by atoms with Gasteiger partial charge in [0, 0.05) is 12.7 Å². The van der Waals surface area contributed by atoms with E-state index < -0.39 is 5.97 Å². The lowest BCUT2D eigenvalue weighted by atomic mass is 10.1. The second-order valence-corrected chi connectivity index (χ2v) is 3.92. The van der Waals surface area contributed by atoms with E-state index >= 15 is 0 Å². The number of hydrogen-bond donors (Lipinski definition) is 2. The first-order valence-electron chi connectivity index (χ1n) is 5.71. The summed E-state index contributed by atoms with van der Waals surface area (Å²) in [4.78, 5) is 10.7. The molecule has 0 saturated carbocycles.